The number of benzene rings is 1. The van der Waals surface area contributed by atoms with E-state index < -0.39 is 6.03 Å². The molecule has 116 valence electrons. The number of carbonyl (C=O) groups is 1. The molecule has 1 heterocycles. The van der Waals surface area contributed by atoms with E-state index >= 15 is 0 Å². The van der Waals surface area contributed by atoms with Gasteiger partial charge in [-0.2, -0.15) is 0 Å². The SMILES string of the molecule is COc1cc(N([O-])O)ccc1NC(=O)Nc1cc(C)ccn1. The van der Waals surface area contributed by atoms with Crippen molar-refractivity contribution in [1.29, 1.82) is 0 Å². The quantitative estimate of drug-likeness (QED) is 0.749. The Kier molecular flexibility index (Phi) is 4.77. The van der Waals surface area contributed by atoms with Crippen LogP contribution in [0.25, 0.3) is 0 Å². The lowest BCUT2D eigenvalue weighted by atomic mass is 10.2. The summed E-state index contributed by atoms with van der Waals surface area (Å²) in [6.45, 7) is 1.89. The van der Waals surface area contributed by atoms with Crippen LogP contribution < -0.4 is 20.6 Å². The Morgan fingerprint density at radius 2 is 2.09 bits per heavy atom. The minimum absolute atomic E-state index is 0.0110. The molecular weight excluding hydrogens is 288 g/mol. The second-order valence-corrected chi connectivity index (χ2v) is 4.46. The summed E-state index contributed by atoms with van der Waals surface area (Å²) in [6.07, 6.45) is 1.59. The third-order valence-corrected chi connectivity index (χ3v) is 2.81. The molecule has 2 amide bonds. The Morgan fingerprint density at radius 1 is 1.32 bits per heavy atom. The first-order valence-electron chi connectivity index (χ1n) is 6.34. The highest BCUT2D eigenvalue weighted by Gasteiger charge is 2.09. The van der Waals surface area contributed by atoms with Crippen molar-refractivity contribution in [3.63, 3.8) is 0 Å². The number of nitrogens with zero attached hydrogens (tertiary/aromatic N) is 2. The first-order valence-corrected chi connectivity index (χ1v) is 6.34. The van der Waals surface area contributed by atoms with Crippen LogP contribution in [0.15, 0.2) is 36.5 Å². The molecule has 0 aliphatic carbocycles. The molecular formula is C14H15N4O4-. The van der Waals surface area contributed by atoms with Gasteiger partial charge in [0, 0.05) is 12.3 Å². The number of pyridine rings is 1. The Hall–Kier alpha value is -2.84. The van der Waals surface area contributed by atoms with Crippen molar-refractivity contribution in [3.8, 4) is 5.75 Å². The summed E-state index contributed by atoms with van der Waals surface area (Å²) < 4.78 is 5.07. The summed E-state index contributed by atoms with van der Waals surface area (Å²) >= 11 is 0. The van der Waals surface area contributed by atoms with E-state index in [9.17, 15) is 10.0 Å². The second kappa shape index (κ2) is 6.74. The van der Waals surface area contributed by atoms with Crippen molar-refractivity contribution in [2.45, 2.75) is 6.92 Å². The molecule has 8 heteroatoms. The fourth-order valence-electron chi connectivity index (χ4n) is 1.78. The van der Waals surface area contributed by atoms with Crippen LogP contribution in [0.2, 0.25) is 0 Å². The summed E-state index contributed by atoms with van der Waals surface area (Å²) in [5, 5.41) is 24.6. The average Bonchev–Trinajstić information content (AvgIpc) is 2.47. The molecule has 0 fully saturated rings. The maximum atomic E-state index is 11.9. The first kappa shape index (κ1) is 15.5. The number of carbonyl (C=O) groups excluding carboxylic acids is 1. The molecule has 0 unspecified atom stereocenters. The van der Waals surface area contributed by atoms with Gasteiger partial charge in [-0.25, -0.2) is 9.78 Å². The molecule has 2 rings (SSSR count). The van der Waals surface area contributed by atoms with Gasteiger partial charge in [-0.15, -0.1) is 0 Å². The van der Waals surface area contributed by atoms with Gasteiger partial charge in [0.15, 0.2) is 0 Å². The van der Waals surface area contributed by atoms with Crippen molar-refractivity contribution in [2.75, 3.05) is 23.0 Å². The van der Waals surface area contributed by atoms with E-state index in [2.05, 4.69) is 15.6 Å². The van der Waals surface area contributed by atoms with Gasteiger partial charge in [-0.05, 0) is 36.8 Å². The van der Waals surface area contributed by atoms with Gasteiger partial charge in [0.05, 0.1) is 18.5 Å². The molecule has 8 nitrogen and oxygen atoms in total. The highest BCUT2D eigenvalue weighted by Crippen LogP contribution is 2.29. The Balaban J connectivity index is 2.11. The monoisotopic (exact) mass is 303 g/mol. The summed E-state index contributed by atoms with van der Waals surface area (Å²) in [7, 11) is 1.39. The van der Waals surface area contributed by atoms with Gasteiger partial charge in [-0.3, -0.25) is 10.5 Å². The predicted octanol–water partition coefficient (Wildman–Crippen LogP) is 2.74. The highest BCUT2D eigenvalue weighted by molar-refractivity contribution is 6.00. The van der Waals surface area contributed by atoms with Crippen LogP contribution in [-0.4, -0.2) is 23.3 Å². The molecule has 0 saturated carbocycles. The number of ether oxygens (including phenoxy) is 1. The van der Waals surface area contributed by atoms with Crippen LogP contribution in [0.5, 0.6) is 5.75 Å². The zero-order valence-electron chi connectivity index (χ0n) is 12.0. The number of anilines is 3. The maximum Gasteiger partial charge on any atom is 0.324 e. The lowest BCUT2D eigenvalue weighted by molar-refractivity contribution is 0.262. The van der Waals surface area contributed by atoms with Gasteiger partial charge in [0.25, 0.3) is 0 Å². The highest BCUT2D eigenvalue weighted by atomic mass is 16.8. The first-order chi connectivity index (χ1) is 10.5. The number of rotatable bonds is 4. The molecule has 3 N–H and O–H groups in total. The predicted molar refractivity (Wildman–Crippen MR) is 82.2 cm³/mol. The number of aryl methyl sites for hydroxylation is 1. The van der Waals surface area contributed by atoms with Gasteiger partial charge in [-0.1, -0.05) is 0 Å². The van der Waals surface area contributed by atoms with E-state index in [1.54, 1.807) is 12.3 Å². The number of aromatic nitrogens is 1. The van der Waals surface area contributed by atoms with E-state index in [1.807, 2.05) is 13.0 Å². The second-order valence-electron chi connectivity index (χ2n) is 4.46. The van der Waals surface area contributed by atoms with Crippen LogP contribution in [0.1, 0.15) is 5.56 Å². The number of methoxy groups -OCH3 is 1. The molecule has 1 aromatic carbocycles. The zero-order chi connectivity index (χ0) is 16.1. The molecule has 1 aromatic heterocycles. The number of amides is 2. The van der Waals surface area contributed by atoms with Crippen LogP contribution >= 0.6 is 0 Å². The van der Waals surface area contributed by atoms with Gasteiger partial charge in [0.2, 0.25) is 0 Å². The zero-order valence-corrected chi connectivity index (χ0v) is 12.0. The normalized spacial score (nSPS) is 10.0. The largest absolute Gasteiger partial charge is 0.733 e. The van der Waals surface area contributed by atoms with Crippen molar-refractivity contribution in [2.24, 2.45) is 0 Å². The van der Waals surface area contributed by atoms with E-state index in [0.717, 1.165) is 5.56 Å². The summed E-state index contributed by atoms with van der Waals surface area (Å²) in [6, 6.07) is 7.12. The van der Waals surface area contributed by atoms with Crippen LogP contribution in [0.3, 0.4) is 0 Å². The standard InChI is InChI=1S/C14H15N4O4/c1-9-5-6-15-13(7-9)17-14(19)16-11-4-3-10(18(20)21)8-12(11)22-2/h3-8,20H,1-2H3,(H2,15,16,17,19)/q-1. The summed E-state index contributed by atoms with van der Waals surface area (Å²) in [4.78, 5) is 16.0. The van der Waals surface area contributed by atoms with E-state index in [1.165, 1.54) is 25.3 Å². The van der Waals surface area contributed by atoms with Gasteiger partial charge < -0.3 is 20.5 Å². The lowest BCUT2D eigenvalue weighted by Gasteiger charge is -2.22. The van der Waals surface area contributed by atoms with Gasteiger partial charge >= 0.3 is 6.03 Å². The van der Waals surface area contributed by atoms with Crippen LogP contribution in [0, 0.1) is 12.1 Å². The molecule has 2 aromatic rings. The molecule has 0 aliphatic rings. The van der Waals surface area contributed by atoms with E-state index in [4.69, 9.17) is 9.94 Å². The number of nitrogens with one attached hydrogen (secondary N) is 2. The molecule has 22 heavy (non-hydrogen) atoms. The maximum absolute atomic E-state index is 11.9. The molecule has 0 radical (unpaired) electrons. The van der Waals surface area contributed by atoms with Crippen molar-refractivity contribution >= 4 is 23.2 Å². The van der Waals surface area contributed by atoms with E-state index in [0.29, 0.717) is 11.5 Å². The number of hydrogen-bond acceptors (Lipinski definition) is 6. The van der Waals surface area contributed by atoms with Crippen LogP contribution in [-0.2, 0) is 0 Å². The lowest BCUT2D eigenvalue weighted by Crippen LogP contribution is -2.20. The minimum Gasteiger partial charge on any atom is -0.733 e. The van der Waals surface area contributed by atoms with Crippen molar-refractivity contribution in [3.05, 3.63) is 47.3 Å². The molecule has 0 saturated heterocycles. The average molecular weight is 303 g/mol. The molecule has 0 bridgehead atoms. The number of hydrogen-bond donors (Lipinski definition) is 3. The smallest absolute Gasteiger partial charge is 0.324 e. The summed E-state index contributed by atoms with van der Waals surface area (Å²) in [5.41, 5.74) is 1.30. The van der Waals surface area contributed by atoms with E-state index in [-0.39, 0.29) is 16.7 Å². The topological polar surface area (TPSA) is 110 Å². The Bertz CT molecular complexity index is 676. The Labute approximate surface area is 126 Å². The third kappa shape index (κ3) is 3.84. The molecule has 0 spiro atoms. The minimum atomic E-state index is -0.507. The third-order valence-electron chi connectivity index (χ3n) is 2.81. The van der Waals surface area contributed by atoms with Crippen molar-refractivity contribution < 1.29 is 14.7 Å². The summed E-state index contributed by atoms with van der Waals surface area (Å²) in [5.74, 6) is 0.647. The van der Waals surface area contributed by atoms with Gasteiger partial charge in [0.1, 0.15) is 11.6 Å². The van der Waals surface area contributed by atoms with Crippen molar-refractivity contribution in [1.82, 2.24) is 4.98 Å². The molecule has 0 aliphatic heterocycles. The fourth-order valence-corrected chi connectivity index (χ4v) is 1.78. The Morgan fingerprint density at radius 3 is 2.73 bits per heavy atom. The molecule has 0 atom stereocenters. The fraction of sp³-hybridized carbons (Fsp3) is 0.143. The number of urea groups is 1. The van der Waals surface area contributed by atoms with Crippen LogP contribution in [0.4, 0.5) is 22.0 Å².